The summed E-state index contributed by atoms with van der Waals surface area (Å²) in [6.07, 6.45) is -2.84. The zero-order valence-corrected chi connectivity index (χ0v) is 21.3. The van der Waals surface area contributed by atoms with Crippen molar-refractivity contribution >= 4 is 23.7 Å². The van der Waals surface area contributed by atoms with Crippen LogP contribution in [0.4, 0.5) is 0 Å². The van der Waals surface area contributed by atoms with Gasteiger partial charge >= 0.3 is 5.97 Å². The molecule has 0 aromatic heterocycles. The fourth-order valence-corrected chi connectivity index (χ4v) is 3.47. The lowest BCUT2D eigenvalue weighted by molar-refractivity contribution is -0.143. The number of ether oxygens (including phenoxy) is 2. The number of phenolic OH excluding ortho intramolecular Hbond substituents is 1. The van der Waals surface area contributed by atoms with Gasteiger partial charge in [-0.15, -0.1) is 0 Å². The van der Waals surface area contributed by atoms with Gasteiger partial charge in [-0.3, -0.25) is 19.2 Å². The first-order valence-corrected chi connectivity index (χ1v) is 11.8. The summed E-state index contributed by atoms with van der Waals surface area (Å²) in [4.78, 5) is 49.4. The second kappa shape index (κ2) is 14.5. The van der Waals surface area contributed by atoms with Crippen LogP contribution in [-0.2, 0) is 25.5 Å². The topological polar surface area (TPSA) is 184 Å². The molecule has 0 saturated heterocycles. The van der Waals surface area contributed by atoms with Gasteiger partial charge < -0.3 is 40.7 Å². The van der Waals surface area contributed by atoms with E-state index in [4.69, 9.17) is 4.74 Å². The highest BCUT2D eigenvalue weighted by molar-refractivity contribution is 5.98. The van der Waals surface area contributed by atoms with Crippen LogP contribution in [0.1, 0.15) is 29.3 Å². The minimum atomic E-state index is -1.35. The Kier molecular flexibility index (Phi) is 11.5. The Bertz CT molecular complexity index is 1090. The molecule has 0 radical (unpaired) electrons. The molecule has 0 aliphatic heterocycles. The summed E-state index contributed by atoms with van der Waals surface area (Å²) < 4.78 is 9.62. The van der Waals surface area contributed by atoms with Crippen molar-refractivity contribution in [2.75, 3.05) is 20.8 Å². The number of methoxy groups -OCH3 is 2. The molecular weight excluding hydrogens is 498 g/mol. The van der Waals surface area contributed by atoms with E-state index in [2.05, 4.69) is 20.7 Å². The van der Waals surface area contributed by atoms with Gasteiger partial charge in [-0.1, -0.05) is 12.1 Å². The standard InChI is InChI=1S/C26H33N3O9/c1-15(30)24(29-25(35)17-6-10-19(37-2)11-7-17)26(36)27-14-22(33)28-20(21(32)13-23(34)38-3)12-16-4-8-18(31)9-5-16/h4-11,15,20-21,24,30-32H,12-14H2,1-3H3,(H,27,36)(H,28,33)(H,29,35)/t15-,20-,21+,24+/m0/s1. The first kappa shape index (κ1) is 30.1. The summed E-state index contributed by atoms with van der Waals surface area (Å²) in [7, 11) is 2.65. The van der Waals surface area contributed by atoms with Gasteiger partial charge in [0, 0.05) is 5.56 Å². The molecule has 0 spiro atoms. The molecule has 0 heterocycles. The third-order valence-electron chi connectivity index (χ3n) is 5.63. The van der Waals surface area contributed by atoms with Crippen molar-refractivity contribution < 1.29 is 44.0 Å². The second-order valence-corrected chi connectivity index (χ2v) is 8.53. The van der Waals surface area contributed by atoms with E-state index in [1.165, 1.54) is 45.4 Å². The smallest absolute Gasteiger partial charge is 0.308 e. The summed E-state index contributed by atoms with van der Waals surface area (Å²) in [5, 5.41) is 37.4. The number of aliphatic hydroxyl groups excluding tert-OH is 2. The minimum absolute atomic E-state index is 0.0407. The number of aliphatic hydroxyl groups is 2. The molecule has 0 aliphatic carbocycles. The van der Waals surface area contributed by atoms with Crippen LogP contribution in [0.3, 0.4) is 0 Å². The van der Waals surface area contributed by atoms with E-state index in [0.717, 1.165) is 0 Å². The van der Waals surface area contributed by atoms with Crippen molar-refractivity contribution in [3.8, 4) is 11.5 Å². The summed E-state index contributed by atoms with van der Waals surface area (Å²) in [6.45, 7) is 0.785. The normalized spacial score (nSPS) is 13.8. The Labute approximate surface area is 220 Å². The van der Waals surface area contributed by atoms with Crippen molar-refractivity contribution in [2.24, 2.45) is 0 Å². The number of nitrogens with one attached hydrogen (secondary N) is 3. The fourth-order valence-electron chi connectivity index (χ4n) is 3.47. The largest absolute Gasteiger partial charge is 0.508 e. The predicted molar refractivity (Wildman–Crippen MR) is 135 cm³/mol. The maximum absolute atomic E-state index is 12.7. The van der Waals surface area contributed by atoms with Gasteiger partial charge in [-0.2, -0.15) is 0 Å². The second-order valence-electron chi connectivity index (χ2n) is 8.53. The van der Waals surface area contributed by atoms with Crippen molar-refractivity contribution in [1.82, 2.24) is 16.0 Å². The molecule has 38 heavy (non-hydrogen) atoms. The molecule has 0 saturated carbocycles. The van der Waals surface area contributed by atoms with Crippen LogP contribution in [0.15, 0.2) is 48.5 Å². The van der Waals surface area contributed by atoms with E-state index in [1.807, 2.05) is 0 Å². The number of hydrogen-bond acceptors (Lipinski definition) is 9. The van der Waals surface area contributed by atoms with E-state index in [1.54, 1.807) is 24.3 Å². The van der Waals surface area contributed by atoms with Crippen LogP contribution in [0.25, 0.3) is 0 Å². The molecule has 2 aromatic carbocycles. The predicted octanol–water partition coefficient (Wildman–Crippen LogP) is -0.352. The van der Waals surface area contributed by atoms with E-state index >= 15 is 0 Å². The number of carbonyl (C=O) groups is 4. The lowest BCUT2D eigenvalue weighted by Gasteiger charge is -2.25. The first-order chi connectivity index (χ1) is 18.0. The molecule has 6 N–H and O–H groups in total. The molecule has 2 rings (SSSR count). The number of hydrogen-bond donors (Lipinski definition) is 6. The zero-order valence-electron chi connectivity index (χ0n) is 21.3. The maximum Gasteiger partial charge on any atom is 0.308 e. The van der Waals surface area contributed by atoms with Crippen LogP contribution in [0.2, 0.25) is 0 Å². The van der Waals surface area contributed by atoms with E-state index in [0.29, 0.717) is 11.3 Å². The molecule has 12 nitrogen and oxygen atoms in total. The number of rotatable bonds is 13. The minimum Gasteiger partial charge on any atom is -0.508 e. The highest BCUT2D eigenvalue weighted by atomic mass is 16.5. The molecule has 0 fully saturated rings. The van der Waals surface area contributed by atoms with Gasteiger partial charge in [-0.05, 0) is 55.3 Å². The molecule has 4 atom stereocenters. The highest BCUT2D eigenvalue weighted by Crippen LogP contribution is 2.14. The van der Waals surface area contributed by atoms with Crippen molar-refractivity contribution in [3.63, 3.8) is 0 Å². The third kappa shape index (κ3) is 9.37. The Balaban J connectivity index is 2.01. The van der Waals surface area contributed by atoms with Gasteiger partial charge in [0.15, 0.2) is 0 Å². The highest BCUT2D eigenvalue weighted by Gasteiger charge is 2.28. The zero-order chi connectivity index (χ0) is 28.2. The van der Waals surface area contributed by atoms with Crippen LogP contribution >= 0.6 is 0 Å². The third-order valence-corrected chi connectivity index (χ3v) is 5.63. The van der Waals surface area contributed by atoms with Gasteiger partial charge in [0.1, 0.15) is 17.5 Å². The SMILES string of the molecule is COC(=O)C[C@@H](O)[C@H](Cc1ccc(O)cc1)NC(=O)CNC(=O)[C@H](NC(=O)c1ccc(OC)cc1)[C@H](C)O. The lowest BCUT2D eigenvalue weighted by Crippen LogP contribution is -2.55. The average Bonchev–Trinajstić information content (AvgIpc) is 2.90. The van der Waals surface area contributed by atoms with E-state index < -0.39 is 54.5 Å². The number of aromatic hydroxyl groups is 1. The Morgan fingerprint density at radius 3 is 2.11 bits per heavy atom. The lowest BCUT2D eigenvalue weighted by atomic mass is 9.99. The Morgan fingerprint density at radius 1 is 0.921 bits per heavy atom. The van der Waals surface area contributed by atoms with Crippen LogP contribution in [-0.4, -0.2) is 84.1 Å². The number of esters is 1. The van der Waals surface area contributed by atoms with Crippen LogP contribution < -0.4 is 20.7 Å². The fraction of sp³-hybridized carbons (Fsp3) is 0.385. The first-order valence-electron chi connectivity index (χ1n) is 11.8. The molecule has 206 valence electrons. The van der Waals surface area contributed by atoms with Gasteiger partial charge in [-0.25, -0.2) is 0 Å². The van der Waals surface area contributed by atoms with Gasteiger partial charge in [0.2, 0.25) is 11.8 Å². The molecule has 2 aromatic rings. The molecule has 0 unspecified atom stereocenters. The maximum atomic E-state index is 12.7. The summed E-state index contributed by atoms with van der Waals surface area (Å²) in [5.41, 5.74) is 0.898. The molecule has 0 bridgehead atoms. The molecule has 0 aliphatic rings. The Morgan fingerprint density at radius 2 is 1.55 bits per heavy atom. The van der Waals surface area contributed by atoms with Gasteiger partial charge in [0.05, 0.1) is 45.4 Å². The molecule has 12 heteroatoms. The number of carbonyl (C=O) groups excluding carboxylic acids is 4. The van der Waals surface area contributed by atoms with Crippen molar-refractivity contribution in [2.45, 2.75) is 44.1 Å². The van der Waals surface area contributed by atoms with Crippen molar-refractivity contribution in [1.29, 1.82) is 0 Å². The quantitative estimate of drug-likeness (QED) is 0.188. The summed E-state index contributed by atoms with van der Waals surface area (Å²) in [6, 6.07) is 9.92. The van der Waals surface area contributed by atoms with Crippen LogP contribution in [0, 0.1) is 0 Å². The average molecular weight is 532 g/mol. The molecular formula is C26H33N3O9. The number of phenols is 1. The number of amides is 3. The molecule has 3 amide bonds. The van der Waals surface area contributed by atoms with Crippen molar-refractivity contribution in [3.05, 3.63) is 59.7 Å². The summed E-state index contributed by atoms with van der Waals surface area (Å²) in [5.74, 6) is -2.20. The van der Waals surface area contributed by atoms with Crippen LogP contribution in [0.5, 0.6) is 11.5 Å². The monoisotopic (exact) mass is 531 g/mol. The summed E-state index contributed by atoms with van der Waals surface area (Å²) >= 11 is 0. The van der Waals surface area contributed by atoms with Gasteiger partial charge in [0.25, 0.3) is 5.91 Å². The Hall–Kier alpha value is -4.16. The number of benzene rings is 2. The van der Waals surface area contributed by atoms with E-state index in [9.17, 15) is 34.5 Å². The van der Waals surface area contributed by atoms with E-state index in [-0.39, 0.29) is 24.2 Å².